The first kappa shape index (κ1) is 48.9. The van der Waals surface area contributed by atoms with E-state index in [1.54, 1.807) is 0 Å². The maximum atomic E-state index is 6.63. The van der Waals surface area contributed by atoms with E-state index in [4.69, 9.17) is 4.42 Å². The molecule has 400 valence electrons. The van der Waals surface area contributed by atoms with Gasteiger partial charge in [-0.15, -0.1) is 0 Å². The second-order valence-electron chi connectivity index (χ2n) is 23.5. The summed E-state index contributed by atoms with van der Waals surface area (Å²) in [5.74, 6) is 0. The molecule has 0 aliphatic heterocycles. The molecule has 15 aromatic rings. The normalized spacial score (nSPS) is 14.6. The highest BCUT2D eigenvalue weighted by Crippen LogP contribution is 2.58. The number of hydrogen-bond donors (Lipinski definition) is 0. The van der Waals surface area contributed by atoms with Gasteiger partial charge in [0.15, 0.2) is 0 Å². The van der Waals surface area contributed by atoms with Crippen LogP contribution in [0.25, 0.3) is 105 Å². The lowest BCUT2D eigenvalue weighted by Gasteiger charge is -2.35. The van der Waals surface area contributed by atoms with E-state index in [1.807, 2.05) is 6.07 Å². The summed E-state index contributed by atoms with van der Waals surface area (Å²) in [6, 6.07) is 112. The average molecular weight is 1090 g/mol. The van der Waals surface area contributed by atoms with Crippen LogP contribution in [0, 0.1) is 0 Å². The zero-order chi connectivity index (χ0) is 56.4. The molecule has 1 atom stereocenters. The van der Waals surface area contributed by atoms with Gasteiger partial charge < -0.3 is 13.9 Å². The molecule has 85 heavy (non-hydrogen) atoms. The number of nitrogens with zero attached hydrogens (tertiary/aromatic N) is 2. The Kier molecular flexibility index (Phi) is 10.9. The molecular weight excluding hydrogens is 1030 g/mol. The van der Waals surface area contributed by atoms with Crippen molar-refractivity contribution in [1.82, 2.24) is 4.57 Å². The number of para-hydroxylation sites is 4. The Bertz CT molecular complexity index is 5130. The molecular formula is C82H56N2O. The van der Waals surface area contributed by atoms with E-state index >= 15 is 0 Å². The minimum atomic E-state index is -0.694. The zero-order valence-electron chi connectivity index (χ0n) is 47.2. The van der Waals surface area contributed by atoms with Gasteiger partial charge in [-0.2, -0.15) is 0 Å². The Labute approximate surface area is 494 Å². The molecule has 2 aliphatic carbocycles. The van der Waals surface area contributed by atoms with Crippen LogP contribution in [0.15, 0.2) is 308 Å². The van der Waals surface area contributed by atoms with Crippen LogP contribution < -0.4 is 4.90 Å². The molecule has 1 unspecified atom stereocenters. The fraction of sp³-hybridized carbons (Fsp3) is 0.0488. The largest absolute Gasteiger partial charge is 0.455 e. The van der Waals surface area contributed by atoms with Gasteiger partial charge in [0.1, 0.15) is 11.2 Å². The van der Waals surface area contributed by atoms with E-state index in [2.05, 4.69) is 321 Å². The van der Waals surface area contributed by atoms with Crippen molar-refractivity contribution in [3.8, 4) is 61.3 Å². The van der Waals surface area contributed by atoms with Gasteiger partial charge in [-0.25, -0.2) is 0 Å². The maximum Gasteiger partial charge on any atom is 0.143 e. The Morgan fingerprint density at radius 1 is 0.306 bits per heavy atom. The van der Waals surface area contributed by atoms with Crippen LogP contribution >= 0.6 is 0 Å². The fourth-order valence-electron chi connectivity index (χ4n) is 14.7. The van der Waals surface area contributed by atoms with Gasteiger partial charge in [-0.3, -0.25) is 0 Å². The quantitative estimate of drug-likeness (QED) is 0.144. The van der Waals surface area contributed by atoms with Crippen LogP contribution in [0.5, 0.6) is 0 Å². The summed E-state index contributed by atoms with van der Waals surface area (Å²) >= 11 is 0. The molecule has 0 saturated carbocycles. The van der Waals surface area contributed by atoms with Crippen molar-refractivity contribution in [3.05, 3.63) is 337 Å². The van der Waals surface area contributed by atoms with Gasteiger partial charge in [0.25, 0.3) is 0 Å². The Morgan fingerprint density at radius 3 is 1.54 bits per heavy atom. The highest BCUT2D eigenvalue weighted by molar-refractivity contribution is 6.11. The van der Waals surface area contributed by atoms with E-state index in [1.165, 1.54) is 94.1 Å². The summed E-state index contributed by atoms with van der Waals surface area (Å²) in [5, 5.41) is 4.73. The lowest BCUT2D eigenvalue weighted by Crippen LogP contribution is -2.29. The van der Waals surface area contributed by atoms with E-state index in [0.717, 1.165) is 61.4 Å². The topological polar surface area (TPSA) is 21.3 Å². The van der Waals surface area contributed by atoms with E-state index in [0.29, 0.717) is 0 Å². The van der Waals surface area contributed by atoms with Gasteiger partial charge in [-0.05, 0) is 156 Å². The predicted octanol–water partition coefficient (Wildman–Crippen LogP) is 21.8. The number of benzene rings is 13. The standard InChI is InChI=1S/C82H56N2O/c1-81(2)73-28-13-9-22-65(73)67-47-45-62(51-75(67)81)83(61-43-36-55(37-44-61)57-38-49-78-72(50-57)69-24-11-15-30-77(69)84(78)60-20-7-4-8-21-60)63-46-48-68-66-23-10-14-29-74(66)82(76(68)52-63,58-39-32-54(33-40-58)53-18-5-3-6-19-53)59-41-34-56(35-42-59)64-26-17-27-71-70-25-12-16-31-79(70)85-80(64)71/h3-52H,1-2H3. The molecule has 2 aliphatic rings. The van der Waals surface area contributed by atoms with Crippen molar-refractivity contribution in [2.75, 3.05) is 4.90 Å². The zero-order valence-corrected chi connectivity index (χ0v) is 47.2. The van der Waals surface area contributed by atoms with Gasteiger partial charge in [0, 0.05) is 55.3 Å². The first-order valence-corrected chi connectivity index (χ1v) is 29.6. The lowest BCUT2D eigenvalue weighted by atomic mass is 9.67. The summed E-state index contributed by atoms with van der Waals surface area (Å²) in [6.45, 7) is 4.75. The number of fused-ring (bicyclic) bond motifs is 12. The van der Waals surface area contributed by atoms with Crippen LogP contribution in [-0.4, -0.2) is 4.57 Å². The molecule has 2 heterocycles. The summed E-state index contributed by atoms with van der Waals surface area (Å²) < 4.78 is 9.01. The van der Waals surface area contributed by atoms with Crippen molar-refractivity contribution in [2.24, 2.45) is 0 Å². The SMILES string of the molecule is CC1(C)c2ccccc2-c2ccc(N(c3ccc(-c4ccc5c(c4)c4ccccc4n5-c4ccccc4)cc3)c3ccc4c(c3)C(c3ccc(-c5ccccc5)cc3)(c3ccc(-c5cccc6c5oc5ccccc56)cc3)c3ccccc3-4)cc21. The number of aromatic nitrogens is 1. The third-order valence-electron chi connectivity index (χ3n) is 18.7. The number of hydrogen-bond acceptors (Lipinski definition) is 2. The lowest BCUT2D eigenvalue weighted by molar-refractivity contribution is 0.660. The van der Waals surface area contributed by atoms with Gasteiger partial charge in [-0.1, -0.05) is 244 Å². The molecule has 0 saturated heterocycles. The third kappa shape index (κ3) is 7.40. The van der Waals surface area contributed by atoms with Crippen molar-refractivity contribution in [1.29, 1.82) is 0 Å². The first-order chi connectivity index (χ1) is 41.9. The Hall–Kier alpha value is -10.7. The van der Waals surface area contributed by atoms with Crippen molar-refractivity contribution < 1.29 is 4.42 Å². The molecule has 13 aromatic carbocycles. The van der Waals surface area contributed by atoms with E-state index < -0.39 is 5.41 Å². The van der Waals surface area contributed by atoms with Crippen molar-refractivity contribution in [2.45, 2.75) is 24.7 Å². The molecule has 0 radical (unpaired) electrons. The van der Waals surface area contributed by atoms with Gasteiger partial charge in [0.2, 0.25) is 0 Å². The molecule has 0 bridgehead atoms. The molecule has 2 aromatic heterocycles. The highest BCUT2D eigenvalue weighted by Gasteiger charge is 2.47. The fourth-order valence-corrected chi connectivity index (χ4v) is 14.7. The predicted molar refractivity (Wildman–Crippen MR) is 354 cm³/mol. The summed E-state index contributed by atoms with van der Waals surface area (Å²) in [5.41, 5.74) is 27.3. The van der Waals surface area contributed by atoms with Crippen LogP contribution in [0.3, 0.4) is 0 Å². The Balaban J connectivity index is 0.851. The summed E-state index contributed by atoms with van der Waals surface area (Å²) in [6.07, 6.45) is 0. The first-order valence-electron chi connectivity index (χ1n) is 29.6. The highest BCUT2D eigenvalue weighted by atomic mass is 16.3. The van der Waals surface area contributed by atoms with Gasteiger partial charge in [0.05, 0.1) is 16.4 Å². The minimum absolute atomic E-state index is 0.192. The minimum Gasteiger partial charge on any atom is -0.455 e. The molecule has 3 heteroatoms. The molecule has 17 rings (SSSR count). The summed E-state index contributed by atoms with van der Waals surface area (Å²) in [7, 11) is 0. The average Bonchev–Trinajstić information content (AvgIpc) is 1.85. The molecule has 0 fully saturated rings. The van der Waals surface area contributed by atoms with E-state index in [-0.39, 0.29) is 5.41 Å². The monoisotopic (exact) mass is 1080 g/mol. The molecule has 0 N–H and O–H groups in total. The second-order valence-corrected chi connectivity index (χ2v) is 23.5. The van der Waals surface area contributed by atoms with Gasteiger partial charge >= 0.3 is 0 Å². The third-order valence-corrected chi connectivity index (χ3v) is 18.7. The maximum absolute atomic E-state index is 6.63. The molecule has 0 spiro atoms. The number of furan rings is 1. The number of rotatable bonds is 9. The smallest absolute Gasteiger partial charge is 0.143 e. The summed E-state index contributed by atoms with van der Waals surface area (Å²) in [4.78, 5) is 2.49. The Morgan fingerprint density at radius 2 is 0.800 bits per heavy atom. The van der Waals surface area contributed by atoms with Crippen LogP contribution in [0.4, 0.5) is 17.1 Å². The van der Waals surface area contributed by atoms with Crippen LogP contribution in [0.1, 0.15) is 47.2 Å². The van der Waals surface area contributed by atoms with Crippen molar-refractivity contribution in [3.63, 3.8) is 0 Å². The van der Waals surface area contributed by atoms with Crippen LogP contribution in [-0.2, 0) is 10.8 Å². The number of anilines is 3. The van der Waals surface area contributed by atoms with Crippen LogP contribution in [0.2, 0.25) is 0 Å². The van der Waals surface area contributed by atoms with E-state index in [9.17, 15) is 0 Å². The molecule has 0 amide bonds. The van der Waals surface area contributed by atoms with Crippen molar-refractivity contribution >= 4 is 60.8 Å². The molecule has 3 nitrogen and oxygen atoms in total. The second kappa shape index (κ2) is 18.9.